The molecule has 0 saturated heterocycles. The SMILES string of the molecule is CCc1nc(C)sc1CNC(=O)C1CC(C(C)C)=NO1. The fraction of sp³-hybridized carbons (Fsp3) is 0.643. The van der Waals surface area contributed by atoms with Crippen LogP contribution in [0.15, 0.2) is 5.16 Å². The zero-order valence-corrected chi connectivity index (χ0v) is 13.2. The highest BCUT2D eigenvalue weighted by Crippen LogP contribution is 2.19. The monoisotopic (exact) mass is 295 g/mol. The molecule has 0 spiro atoms. The van der Waals surface area contributed by atoms with E-state index in [0.29, 0.717) is 18.9 Å². The second-order valence-corrected chi connectivity index (χ2v) is 6.50. The van der Waals surface area contributed by atoms with Gasteiger partial charge in [0.05, 0.1) is 23.0 Å². The molecule has 1 unspecified atom stereocenters. The third kappa shape index (κ3) is 3.36. The summed E-state index contributed by atoms with van der Waals surface area (Å²) >= 11 is 1.63. The van der Waals surface area contributed by atoms with Crippen LogP contribution in [0.2, 0.25) is 0 Å². The van der Waals surface area contributed by atoms with E-state index >= 15 is 0 Å². The molecule has 0 aliphatic carbocycles. The van der Waals surface area contributed by atoms with Gasteiger partial charge < -0.3 is 10.2 Å². The summed E-state index contributed by atoms with van der Waals surface area (Å²) in [6, 6.07) is 0. The molecule has 0 radical (unpaired) electrons. The Balaban J connectivity index is 1.87. The van der Waals surface area contributed by atoms with Gasteiger partial charge >= 0.3 is 0 Å². The Kier molecular flexibility index (Phi) is 4.75. The van der Waals surface area contributed by atoms with E-state index in [4.69, 9.17) is 4.84 Å². The standard InChI is InChI=1S/C14H21N3O2S/c1-5-10-13(20-9(4)16-10)7-15-14(18)12-6-11(8(2)3)17-19-12/h8,12H,5-7H2,1-4H3,(H,15,18). The summed E-state index contributed by atoms with van der Waals surface area (Å²) in [6.07, 6.45) is 0.994. The van der Waals surface area contributed by atoms with Gasteiger partial charge in [-0.05, 0) is 19.3 Å². The molecule has 1 aliphatic heterocycles. The first-order valence-corrected chi connectivity index (χ1v) is 7.78. The maximum absolute atomic E-state index is 12.1. The molecule has 110 valence electrons. The lowest BCUT2D eigenvalue weighted by Gasteiger charge is -2.09. The van der Waals surface area contributed by atoms with Gasteiger partial charge in [0.2, 0.25) is 6.10 Å². The molecule has 0 fully saturated rings. The van der Waals surface area contributed by atoms with Crippen LogP contribution in [0.1, 0.15) is 42.8 Å². The van der Waals surface area contributed by atoms with Gasteiger partial charge in [0.15, 0.2) is 0 Å². The summed E-state index contributed by atoms with van der Waals surface area (Å²) < 4.78 is 0. The molecule has 0 bridgehead atoms. The van der Waals surface area contributed by atoms with Crippen molar-refractivity contribution in [3.05, 3.63) is 15.6 Å². The van der Waals surface area contributed by atoms with E-state index < -0.39 is 6.10 Å². The van der Waals surface area contributed by atoms with Crippen molar-refractivity contribution in [3.63, 3.8) is 0 Å². The Morgan fingerprint density at radius 3 is 2.90 bits per heavy atom. The second kappa shape index (κ2) is 6.35. The number of carbonyl (C=O) groups excluding carboxylic acids is 1. The smallest absolute Gasteiger partial charge is 0.264 e. The molecular weight excluding hydrogens is 274 g/mol. The van der Waals surface area contributed by atoms with E-state index in [2.05, 4.69) is 36.2 Å². The van der Waals surface area contributed by atoms with Gasteiger partial charge in [0, 0.05) is 11.3 Å². The lowest BCUT2D eigenvalue weighted by atomic mass is 10.0. The van der Waals surface area contributed by atoms with E-state index in [1.807, 2.05) is 6.92 Å². The zero-order chi connectivity index (χ0) is 14.7. The lowest BCUT2D eigenvalue weighted by molar-refractivity contribution is -0.131. The van der Waals surface area contributed by atoms with Gasteiger partial charge in [-0.1, -0.05) is 25.9 Å². The van der Waals surface area contributed by atoms with Crippen molar-refractivity contribution in [2.45, 2.75) is 53.2 Å². The average Bonchev–Trinajstić information content (AvgIpc) is 3.02. The van der Waals surface area contributed by atoms with Crippen molar-refractivity contribution in [3.8, 4) is 0 Å². The summed E-state index contributed by atoms with van der Waals surface area (Å²) in [5, 5.41) is 7.93. The molecule has 1 aromatic rings. The minimum atomic E-state index is -0.480. The van der Waals surface area contributed by atoms with E-state index in [9.17, 15) is 4.79 Å². The first kappa shape index (κ1) is 15.0. The van der Waals surface area contributed by atoms with E-state index in [0.717, 1.165) is 27.7 Å². The summed E-state index contributed by atoms with van der Waals surface area (Å²) in [6.45, 7) is 8.68. The molecular formula is C14H21N3O2S. The topological polar surface area (TPSA) is 63.6 Å². The van der Waals surface area contributed by atoms with Crippen molar-refractivity contribution in [2.75, 3.05) is 0 Å². The normalized spacial score (nSPS) is 18.1. The van der Waals surface area contributed by atoms with Gasteiger partial charge in [-0.15, -0.1) is 11.3 Å². The number of hydrogen-bond acceptors (Lipinski definition) is 5. The molecule has 5 nitrogen and oxygen atoms in total. The summed E-state index contributed by atoms with van der Waals surface area (Å²) in [7, 11) is 0. The first-order valence-electron chi connectivity index (χ1n) is 6.96. The van der Waals surface area contributed by atoms with Gasteiger partial charge in [-0.2, -0.15) is 0 Å². The molecule has 2 heterocycles. The van der Waals surface area contributed by atoms with E-state index in [1.165, 1.54) is 0 Å². The van der Waals surface area contributed by atoms with Gasteiger partial charge in [0.1, 0.15) is 0 Å². The highest BCUT2D eigenvalue weighted by atomic mass is 32.1. The fourth-order valence-corrected chi connectivity index (χ4v) is 3.05. The van der Waals surface area contributed by atoms with Crippen molar-refractivity contribution >= 4 is 23.0 Å². The number of hydrogen-bond donors (Lipinski definition) is 1. The molecule has 20 heavy (non-hydrogen) atoms. The minimum Gasteiger partial charge on any atom is -0.382 e. The molecule has 1 aromatic heterocycles. The van der Waals surface area contributed by atoms with Crippen LogP contribution in [0.4, 0.5) is 0 Å². The first-order chi connectivity index (χ1) is 9.51. The number of carbonyl (C=O) groups is 1. The van der Waals surface area contributed by atoms with Crippen LogP contribution in [0.25, 0.3) is 0 Å². The lowest BCUT2D eigenvalue weighted by Crippen LogP contribution is -2.34. The van der Waals surface area contributed by atoms with E-state index in [-0.39, 0.29) is 5.91 Å². The highest BCUT2D eigenvalue weighted by Gasteiger charge is 2.29. The van der Waals surface area contributed by atoms with Crippen molar-refractivity contribution in [1.82, 2.24) is 10.3 Å². The molecule has 1 atom stereocenters. The average molecular weight is 295 g/mol. The molecule has 0 saturated carbocycles. The van der Waals surface area contributed by atoms with Crippen molar-refractivity contribution < 1.29 is 9.63 Å². The van der Waals surface area contributed by atoms with Crippen LogP contribution in [0.5, 0.6) is 0 Å². The number of nitrogens with one attached hydrogen (secondary N) is 1. The number of nitrogens with zero attached hydrogens (tertiary/aromatic N) is 2. The Bertz CT molecular complexity index is 522. The Labute approximate surface area is 123 Å². The fourth-order valence-electron chi connectivity index (χ4n) is 2.09. The van der Waals surface area contributed by atoms with Crippen LogP contribution in [-0.2, 0) is 22.6 Å². The summed E-state index contributed by atoms with van der Waals surface area (Å²) in [5.41, 5.74) is 2.02. The van der Waals surface area contributed by atoms with Crippen LogP contribution in [0.3, 0.4) is 0 Å². The molecule has 2 rings (SSSR count). The van der Waals surface area contributed by atoms with Crippen LogP contribution < -0.4 is 5.32 Å². The molecule has 0 aromatic carbocycles. The molecule has 1 amide bonds. The molecule has 1 N–H and O–H groups in total. The predicted octanol–water partition coefficient (Wildman–Crippen LogP) is 2.43. The number of aromatic nitrogens is 1. The van der Waals surface area contributed by atoms with Gasteiger partial charge in [-0.25, -0.2) is 4.98 Å². The Morgan fingerprint density at radius 2 is 2.30 bits per heavy atom. The third-order valence-electron chi connectivity index (χ3n) is 3.29. The molecule has 1 aliphatic rings. The number of thiazole rings is 1. The van der Waals surface area contributed by atoms with Gasteiger partial charge in [0.25, 0.3) is 5.91 Å². The van der Waals surface area contributed by atoms with Crippen molar-refractivity contribution in [2.24, 2.45) is 11.1 Å². The Morgan fingerprint density at radius 1 is 1.55 bits per heavy atom. The predicted molar refractivity (Wildman–Crippen MR) is 79.8 cm³/mol. The maximum atomic E-state index is 12.1. The minimum absolute atomic E-state index is 0.0995. The Hall–Kier alpha value is -1.43. The number of amides is 1. The second-order valence-electron chi connectivity index (χ2n) is 5.21. The third-order valence-corrected chi connectivity index (χ3v) is 4.31. The summed E-state index contributed by atoms with van der Waals surface area (Å²) in [4.78, 5) is 22.8. The largest absolute Gasteiger partial charge is 0.382 e. The molecule has 6 heteroatoms. The maximum Gasteiger partial charge on any atom is 0.264 e. The van der Waals surface area contributed by atoms with Crippen LogP contribution >= 0.6 is 11.3 Å². The van der Waals surface area contributed by atoms with E-state index in [1.54, 1.807) is 11.3 Å². The summed E-state index contributed by atoms with van der Waals surface area (Å²) in [5.74, 6) is 0.223. The van der Waals surface area contributed by atoms with Crippen LogP contribution in [-0.4, -0.2) is 22.7 Å². The van der Waals surface area contributed by atoms with Gasteiger partial charge in [-0.3, -0.25) is 4.79 Å². The van der Waals surface area contributed by atoms with Crippen molar-refractivity contribution in [1.29, 1.82) is 0 Å². The zero-order valence-electron chi connectivity index (χ0n) is 12.4. The number of aryl methyl sites for hydroxylation is 2. The van der Waals surface area contributed by atoms with Crippen LogP contribution in [0, 0.1) is 12.8 Å². The highest BCUT2D eigenvalue weighted by molar-refractivity contribution is 7.11. The number of oxime groups is 1. The quantitative estimate of drug-likeness (QED) is 0.907. The number of rotatable bonds is 5.